The molecular weight excluding hydrogens is 488 g/mol. The number of piperazine rings is 1. The maximum absolute atomic E-state index is 13.4. The van der Waals surface area contributed by atoms with Crippen LogP contribution >= 0.6 is 0 Å². The summed E-state index contributed by atoms with van der Waals surface area (Å²) in [5.41, 5.74) is 2.52. The van der Waals surface area contributed by atoms with Crippen LogP contribution in [0.2, 0.25) is 0 Å². The lowest BCUT2D eigenvalue weighted by Crippen LogP contribution is -2.48. The summed E-state index contributed by atoms with van der Waals surface area (Å²) in [7, 11) is -5.81. The fourth-order valence-electron chi connectivity index (χ4n) is 4.41. The number of halogens is 2. The number of rotatable bonds is 5. The van der Waals surface area contributed by atoms with Crippen molar-refractivity contribution in [3.8, 4) is 11.3 Å². The summed E-state index contributed by atoms with van der Waals surface area (Å²) < 4.78 is 79.6. The van der Waals surface area contributed by atoms with Gasteiger partial charge in [-0.15, -0.1) is 0 Å². The van der Waals surface area contributed by atoms with Gasteiger partial charge in [0, 0.05) is 63.4 Å². The summed E-state index contributed by atoms with van der Waals surface area (Å²) in [6, 6.07) is 10.9. The van der Waals surface area contributed by atoms with Crippen LogP contribution in [0.15, 0.2) is 36.4 Å². The van der Waals surface area contributed by atoms with Gasteiger partial charge < -0.3 is 4.90 Å². The molecule has 1 saturated carbocycles. The van der Waals surface area contributed by atoms with Gasteiger partial charge in [0.15, 0.2) is 5.82 Å². The SMILES string of the molecule is CN1c2nc(-c3cccc(N4CCN(S(C)(=O)=O)CC4)c3)ccc2N(CC2CC2(F)F)S1(=O)=O. The zero-order valence-electron chi connectivity index (χ0n) is 18.7. The largest absolute Gasteiger partial charge is 0.369 e. The third-order valence-corrected chi connectivity index (χ3v) is 9.67. The van der Waals surface area contributed by atoms with E-state index >= 15 is 0 Å². The Bertz CT molecular complexity index is 1340. The molecule has 0 spiro atoms. The predicted octanol–water partition coefficient (Wildman–Crippen LogP) is 1.99. The molecule has 1 unspecified atom stereocenters. The summed E-state index contributed by atoms with van der Waals surface area (Å²) in [6.07, 6.45) is 0.895. The highest BCUT2D eigenvalue weighted by Gasteiger charge is 2.59. The number of pyridine rings is 1. The first-order chi connectivity index (χ1) is 15.9. The second kappa shape index (κ2) is 7.75. The maximum Gasteiger partial charge on any atom is 0.327 e. The van der Waals surface area contributed by atoms with Crippen LogP contribution < -0.4 is 13.5 Å². The Morgan fingerprint density at radius 3 is 2.41 bits per heavy atom. The summed E-state index contributed by atoms with van der Waals surface area (Å²) in [5, 5.41) is 0. The Kier molecular flexibility index (Phi) is 5.30. The molecule has 0 bridgehead atoms. The third kappa shape index (κ3) is 3.99. The molecule has 3 heterocycles. The van der Waals surface area contributed by atoms with E-state index in [1.165, 1.54) is 17.6 Å². The Morgan fingerprint density at radius 1 is 1.12 bits per heavy atom. The average molecular weight is 514 g/mol. The van der Waals surface area contributed by atoms with Gasteiger partial charge in [-0.05, 0) is 24.3 Å². The number of anilines is 3. The smallest absolute Gasteiger partial charge is 0.327 e. The van der Waals surface area contributed by atoms with Gasteiger partial charge in [0.1, 0.15) is 0 Å². The number of sulfonamides is 1. The molecule has 184 valence electrons. The Morgan fingerprint density at radius 2 is 1.79 bits per heavy atom. The minimum atomic E-state index is -3.96. The first-order valence-corrected chi connectivity index (χ1v) is 14.1. The zero-order valence-corrected chi connectivity index (χ0v) is 20.4. The number of hydrogen-bond donors (Lipinski definition) is 0. The van der Waals surface area contributed by atoms with E-state index in [0.717, 1.165) is 19.9 Å². The monoisotopic (exact) mass is 513 g/mol. The molecule has 2 aromatic rings. The summed E-state index contributed by atoms with van der Waals surface area (Å²) in [4.78, 5) is 6.65. The quantitative estimate of drug-likeness (QED) is 0.607. The van der Waals surface area contributed by atoms with Crippen molar-refractivity contribution in [3.05, 3.63) is 36.4 Å². The fraction of sp³-hybridized carbons (Fsp3) is 0.476. The van der Waals surface area contributed by atoms with Gasteiger partial charge >= 0.3 is 10.2 Å². The minimum Gasteiger partial charge on any atom is -0.369 e. The molecule has 1 aromatic heterocycles. The third-order valence-electron chi connectivity index (χ3n) is 6.60. The molecule has 0 N–H and O–H groups in total. The van der Waals surface area contributed by atoms with Crippen LogP contribution in [0.1, 0.15) is 6.42 Å². The van der Waals surface area contributed by atoms with Gasteiger partial charge in [0.05, 0.1) is 17.6 Å². The molecule has 13 heteroatoms. The molecule has 2 aliphatic heterocycles. The Balaban J connectivity index is 1.40. The van der Waals surface area contributed by atoms with E-state index in [2.05, 4.69) is 9.88 Å². The zero-order chi connectivity index (χ0) is 24.5. The van der Waals surface area contributed by atoms with Crippen molar-refractivity contribution in [1.29, 1.82) is 0 Å². The lowest BCUT2D eigenvalue weighted by Gasteiger charge is -2.34. The molecule has 34 heavy (non-hydrogen) atoms. The molecule has 0 radical (unpaired) electrons. The van der Waals surface area contributed by atoms with Crippen molar-refractivity contribution in [2.75, 3.05) is 59.5 Å². The fourth-order valence-corrected chi connectivity index (χ4v) is 6.64. The van der Waals surface area contributed by atoms with Crippen LogP contribution in [0.3, 0.4) is 0 Å². The molecule has 2 fully saturated rings. The molecule has 0 amide bonds. The molecule has 5 rings (SSSR count). The van der Waals surface area contributed by atoms with Crippen molar-refractivity contribution < 1.29 is 25.6 Å². The number of alkyl halides is 2. The van der Waals surface area contributed by atoms with Crippen LogP contribution in [0, 0.1) is 5.92 Å². The lowest BCUT2D eigenvalue weighted by molar-refractivity contribution is 0.101. The average Bonchev–Trinajstić information content (AvgIpc) is 3.36. The lowest BCUT2D eigenvalue weighted by atomic mass is 10.1. The van der Waals surface area contributed by atoms with E-state index in [1.807, 2.05) is 24.3 Å². The molecule has 3 aliphatic rings. The van der Waals surface area contributed by atoms with E-state index in [-0.39, 0.29) is 18.8 Å². The van der Waals surface area contributed by atoms with E-state index < -0.39 is 32.1 Å². The van der Waals surface area contributed by atoms with Crippen LogP contribution in [0.5, 0.6) is 0 Å². The maximum atomic E-state index is 13.4. The second-order valence-corrected chi connectivity index (χ2v) is 12.8. The standard InChI is InChI=1S/C21H25F2N5O4S2/c1-25-20-19(28(34(25,31)32)14-16-13-21(16,22)23)7-6-18(24-20)15-4-3-5-17(12-15)26-8-10-27(11-9-26)33(2,29)30/h3-7,12,16H,8-11,13-14H2,1-2H3. The van der Waals surface area contributed by atoms with Gasteiger partial charge in [-0.2, -0.15) is 12.7 Å². The summed E-state index contributed by atoms with van der Waals surface area (Å²) in [5.74, 6) is -3.60. The molecular formula is C21H25F2N5O4S2. The molecule has 1 aliphatic carbocycles. The minimum absolute atomic E-state index is 0.202. The van der Waals surface area contributed by atoms with Crippen molar-refractivity contribution in [2.24, 2.45) is 5.92 Å². The molecule has 1 aromatic carbocycles. The van der Waals surface area contributed by atoms with Crippen molar-refractivity contribution in [2.45, 2.75) is 12.3 Å². The summed E-state index contributed by atoms with van der Waals surface area (Å²) in [6.45, 7) is 1.63. The van der Waals surface area contributed by atoms with Crippen molar-refractivity contribution in [1.82, 2.24) is 9.29 Å². The normalized spacial score (nSPS) is 23.8. The Labute approximate surface area is 197 Å². The van der Waals surface area contributed by atoms with Gasteiger partial charge in [0.25, 0.3) is 5.92 Å². The van der Waals surface area contributed by atoms with Gasteiger partial charge in [-0.1, -0.05) is 12.1 Å². The van der Waals surface area contributed by atoms with E-state index in [1.54, 1.807) is 12.1 Å². The Hall–Kier alpha value is -2.51. The molecule has 1 atom stereocenters. The summed E-state index contributed by atoms with van der Waals surface area (Å²) >= 11 is 0. The van der Waals surface area contributed by atoms with Crippen molar-refractivity contribution >= 4 is 37.4 Å². The highest BCUT2D eigenvalue weighted by Crippen LogP contribution is 2.51. The number of fused-ring (bicyclic) bond motifs is 1. The first-order valence-electron chi connectivity index (χ1n) is 10.8. The number of hydrogen-bond acceptors (Lipinski definition) is 6. The van der Waals surface area contributed by atoms with Crippen LogP contribution in [-0.2, 0) is 20.2 Å². The van der Waals surface area contributed by atoms with Crippen molar-refractivity contribution in [3.63, 3.8) is 0 Å². The number of benzene rings is 1. The van der Waals surface area contributed by atoms with Gasteiger partial charge in [-0.3, -0.25) is 0 Å². The first kappa shape index (κ1) is 23.2. The van der Waals surface area contributed by atoms with E-state index in [0.29, 0.717) is 37.6 Å². The van der Waals surface area contributed by atoms with E-state index in [9.17, 15) is 25.6 Å². The number of aromatic nitrogens is 1. The topological polar surface area (TPSA) is 94.1 Å². The van der Waals surface area contributed by atoms with E-state index in [4.69, 9.17) is 0 Å². The predicted molar refractivity (Wildman–Crippen MR) is 126 cm³/mol. The van der Waals surface area contributed by atoms with Crippen LogP contribution in [-0.4, -0.2) is 78.1 Å². The highest BCUT2D eigenvalue weighted by atomic mass is 32.2. The van der Waals surface area contributed by atoms with Crippen LogP contribution in [0.25, 0.3) is 11.3 Å². The van der Waals surface area contributed by atoms with Gasteiger partial charge in [-0.25, -0.2) is 30.8 Å². The van der Waals surface area contributed by atoms with Gasteiger partial charge in [0.2, 0.25) is 10.0 Å². The van der Waals surface area contributed by atoms with Crippen LogP contribution in [0.4, 0.5) is 26.0 Å². The molecule has 9 nitrogen and oxygen atoms in total. The number of nitrogens with zero attached hydrogens (tertiary/aromatic N) is 5. The highest BCUT2D eigenvalue weighted by molar-refractivity contribution is 7.94. The second-order valence-electron chi connectivity index (χ2n) is 8.91. The molecule has 1 saturated heterocycles.